The topological polar surface area (TPSA) is 119 Å². The number of nitro benzene ring substituents is 1. The van der Waals surface area contributed by atoms with Crippen LogP contribution < -0.4 is 14.6 Å². The molecule has 0 unspecified atom stereocenters. The molecule has 0 saturated heterocycles. The van der Waals surface area contributed by atoms with E-state index in [4.69, 9.17) is 4.74 Å². The molecule has 185 valence electrons. The van der Waals surface area contributed by atoms with Gasteiger partial charge in [-0.2, -0.15) is 0 Å². The first-order valence-electron chi connectivity index (χ1n) is 11.6. The van der Waals surface area contributed by atoms with Gasteiger partial charge in [-0.15, -0.1) is 4.43 Å². The van der Waals surface area contributed by atoms with Gasteiger partial charge in [0.15, 0.2) is 0 Å². The molecule has 2 amide bonds. The van der Waals surface area contributed by atoms with Gasteiger partial charge >= 0.3 is 21.3 Å². The SMILES string of the molecule is O=C(NCC(=O)N1CCc2c[c]([Al][C](=O)I)cc([N+](=O)[O-])c21)OCC1c2ccccc2-c2ccccc21. The predicted octanol–water partition coefficient (Wildman–Crippen LogP) is 3.91. The van der Waals surface area contributed by atoms with Gasteiger partial charge in [0.05, 0.1) is 4.92 Å². The van der Waals surface area contributed by atoms with E-state index in [0.29, 0.717) is 16.4 Å². The number of rotatable bonds is 7. The van der Waals surface area contributed by atoms with Gasteiger partial charge in [0, 0.05) is 18.5 Å². The average molecular weight is 624 g/mol. The summed E-state index contributed by atoms with van der Waals surface area (Å²) in [6, 6.07) is 19.1. The fourth-order valence-electron chi connectivity index (χ4n) is 5.04. The maximum atomic E-state index is 12.9. The van der Waals surface area contributed by atoms with Crippen molar-refractivity contribution in [1.82, 2.24) is 5.32 Å². The van der Waals surface area contributed by atoms with E-state index in [1.54, 1.807) is 28.7 Å². The van der Waals surface area contributed by atoms with E-state index in [1.807, 2.05) is 48.5 Å². The molecule has 5 rings (SSSR count). The average Bonchev–Trinajstić information content (AvgIpc) is 3.44. The normalized spacial score (nSPS) is 13.4. The van der Waals surface area contributed by atoms with E-state index in [1.165, 1.54) is 11.0 Å². The molecular weight excluding hydrogens is 604 g/mol. The fourth-order valence-corrected chi connectivity index (χ4v) is 6.91. The largest absolute Gasteiger partial charge is 0.449 e. The maximum Gasteiger partial charge on any atom is 0.407 e. The molecule has 1 radical (unpaired) electrons. The van der Waals surface area contributed by atoms with Crippen molar-refractivity contribution in [3.05, 3.63) is 87.5 Å². The lowest BCUT2D eigenvalue weighted by Gasteiger charge is -2.18. The van der Waals surface area contributed by atoms with Crippen molar-refractivity contribution < 1.29 is 24.0 Å². The summed E-state index contributed by atoms with van der Waals surface area (Å²) in [5, 5.41) is 14.2. The summed E-state index contributed by atoms with van der Waals surface area (Å²) in [6.45, 7) is 0.0254. The van der Waals surface area contributed by atoms with Gasteiger partial charge in [-0.3, -0.25) is 14.9 Å². The van der Waals surface area contributed by atoms with Gasteiger partial charge in [-0.1, -0.05) is 54.6 Å². The molecule has 0 aromatic heterocycles. The predicted molar refractivity (Wildman–Crippen MR) is 147 cm³/mol. The number of carbonyl (C=O) groups is 3. The molecule has 0 bridgehead atoms. The van der Waals surface area contributed by atoms with Crippen molar-refractivity contribution >= 4 is 68.3 Å². The van der Waals surface area contributed by atoms with Gasteiger partial charge in [0.25, 0.3) is 5.69 Å². The first-order chi connectivity index (χ1) is 17.8. The quantitative estimate of drug-likeness (QED) is 0.140. The minimum atomic E-state index is -0.743. The Morgan fingerprint density at radius 2 is 1.73 bits per heavy atom. The van der Waals surface area contributed by atoms with Gasteiger partial charge < -0.3 is 19.7 Å². The lowest BCUT2D eigenvalue weighted by molar-refractivity contribution is -0.384. The van der Waals surface area contributed by atoms with Crippen molar-refractivity contribution in [3.63, 3.8) is 0 Å². The van der Waals surface area contributed by atoms with Crippen LogP contribution in [0.25, 0.3) is 11.1 Å². The van der Waals surface area contributed by atoms with E-state index in [9.17, 15) is 24.5 Å². The summed E-state index contributed by atoms with van der Waals surface area (Å²) >= 11 is 0.943. The highest BCUT2D eigenvalue weighted by Gasteiger charge is 2.34. The molecule has 3 aromatic rings. The van der Waals surface area contributed by atoms with Crippen molar-refractivity contribution in [2.45, 2.75) is 12.3 Å². The molecule has 1 aliphatic heterocycles. The van der Waals surface area contributed by atoms with Crippen LogP contribution in [-0.4, -0.2) is 54.5 Å². The molecule has 37 heavy (non-hydrogen) atoms. The number of ether oxygens (including phenoxy) is 1. The number of hydrogen-bond donors (Lipinski definition) is 1. The Bertz CT molecular complexity index is 1400. The molecule has 1 heterocycles. The first-order valence-corrected chi connectivity index (χ1v) is 13.8. The molecule has 1 aliphatic carbocycles. The van der Waals surface area contributed by atoms with Crippen LogP contribution in [0.2, 0.25) is 0 Å². The Morgan fingerprint density at radius 1 is 1.08 bits per heavy atom. The smallest absolute Gasteiger partial charge is 0.407 e. The summed E-state index contributed by atoms with van der Waals surface area (Å²) in [5.41, 5.74) is 5.08. The highest BCUT2D eigenvalue weighted by molar-refractivity contribution is 14.1. The van der Waals surface area contributed by atoms with Gasteiger partial charge in [-0.05, 0) is 56.8 Å². The van der Waals surface area contributed by atoms with E-state index < -0.39 is 32.1 Å². The van der Waals surface area contributed by atoms with E-state index in [0.717, 1.165) is 22.3 Å². The molecule has 0 spiro atoms. The number of nitrogens with one attached hydrogen (secondary N) is 1. The number of anilines is 1. The van der Waals surface area contributed by atoms with Crippen LogP contribution in [0.5, 0.6) is 0 Å². The molecule has 11 heteroatoms. The number of hydrogen-bond acceptors (Lipinski definition) is 6. The summed E-state index contributed by atoms with van der Waals surface area (Å²) in [4.78, 5) is 49.4. The minimum Gasteiger partial charge on any atom is -0.449 e. The summed E-state index contributed by atoms with van der Waals surface area (Å²) < 4.78 is 6.05. The second-order valence-corrected chi connectivity index (χ2v) is 12.4. The van der Waals surface area contributed by atoms with Crippen LogP contribution in [0.1, 0.15) is 22.6 Å². The van der Waals surface area contributed by atoms with E-state index in [-0.39, 0.29) is 39.6 Å². The monoisotopic (exact) mass is 624 g/mol. The third kappa shape index (κ3) is 5.12. The second kappa shape index (κ2) is 10.6. The molecule has 0 atom stereocenters. The third-order valence-corrected chi connectivity index (χ3v) is 8.40. The summed E-state index contributed by atoms with van der Waals surface area (Å²) in [6.07, 6.45) is -0.293. The lowest BCUT2D eigenvalue weighted by atomic mass is 9.98. The number of benzene rings is 3. The fraction of sp³-hybridized carbons (Fsp3) is 0.192. The second-order valence-electron chi connectivity index (χ2n) is 8.73. The molecule has 2 aliphatic rings. The zero-order valence-corrected chi connectivity index (χ0v) is 22.8. The highest BCUT2D eigenvalue weighted by atomic mass is 127. The lowest BCUT2D eigenvalue weighted by Crippen LogP contribution is -2.40. The van der Waals surface area contributed by atoms with E-state index in [2.05, 4.69) is 5.32 Å². The summed E-state index contributed by atoms with van der Waals surface area (Å²) in [7, 11) is 0. The van der Waals surface area contributed by atoms with Crippen LogP contribution in [0.15, 0.2) is 60.7 Å². The van der Waals surface area contributed by atoms with Gasteiger partial charge in [0.1, 0.15) is 21.5 Å². The zero-order valence-electron chi connectivity index (χ0n) is 19.5. The van der Waals surface area contributed by atoms with Crippen molar-refractivity contribution in [1.29, 1.82) is 0 Å². The number of nitrogens with zero attached hydrogens (tertiary/aromatic N) is 2. The molecular formula is C26H20AlIN3O6. The van der Waals surface area contributed by atoms with Crippen molar-refractivity contribution in [2.24, 2.45) is 0 Å². The van der Waals surface area contributed by atoms with Crippen molar-refractivity contribution in [3.8, 4) is 11.1 Å². The molecule has 1 N–H and O–H groups in total. The van der Waals surface area contributed by atoms with Gasteiger partial charge in [-0.25, -0.2) is 4.79 Å². The van der Waals surface area contributed by atoms with Crippen LogP contribution in [0, 0.1) is 10.1 Å². The molecule has 0 saturated carbocycles. The minimum absolute atomic E-state index is 0.0509. The number of halogens is 1. The van der Waals surface area contributed by atoms with Crippen LogP contribution in [0.3, 0.4) is 0 Å². The number of carbonyl (C=O) groups excluding carboxylic acids is 3. The Labute approximate surface area is 232 Å². The number of fused-ring (bicyclic) bond motifs is 4. The number of alkyl carbamates (subject to hydrolysis) is 1. The molecule has 9 nitrogen and oxygen atoms in total. The third-order valence-electron chi connectivity index (χ3n) is 6.57. The zero-order chi connectivity index (χ0) is 26.1. The first kappa shape index (κ1) is 25.4. The number of nitro groups is 1. The van der Waals surface area contributed by atoms with E-state index >= 15 is 0 Å². The van der Waals surface area contributed by atoms with Crippen LogP contribution in [0.4, 0.5) is 21.0 Å². The Hall–Kier alpha value is -3.27. The van der Waals surface area contributed by atoms with Crippen LogP contribution in [-0.2, 0) is 16.0 Å². The van der Waals surface area contributed by atoms with Gasteiger partial charge in [0.2, 0.25) is 5.91 Å². The molecule has 0 fully saturated rings. The highest BCUT2D eigenvalue weighted by Crippen LogP contribution is 2.44. The Morgan fingerprint density at radius 3 is 2.35 bits per heavy atom. The Kier molecular flexibility index (Phi) is 7.28. The number of amides is 2. The van der Waals surface area contributed by atoms with Crippen LogP contribution >= 0.6 is 22.6 Å². The standard InChI is InChI=1S/C25H20N3O5.CIO.Al/c29-23(27-13-12-16-6-5-11-22(24(16)27)28(31)32)14-26-25(30)33-15-21-19-9-3-1-7-17(19)18-8-2-4-10-20(18)21;2-1-3;/h1-4,6-11,21H,12-15H2,(H,26,30);;. The maximum absolute atomic E-state index is 12.9. The van der Waals surface area contributed by atoms with Crippen molar-refractivity contribution in [2.75, 3.05) is 24.6 Å². The Balaban J connectivity index is 1.23. The molecule has 3 aromatic carbocycles. The summed E-state index contributed by atoms with van der Waals surface area (Å²) in [5.74, 6) is -0.576.